The molecule has 1 heterocycles. The van der Waals surface area contributed by atoms with Crippen LogP contribution in [0.2, 0.25) is 0 Å². The molecule has 0 amide bonds. The zero-order valence-corrected chi connectivity index (χ0v) is 12.4. The zero-order chi connectivity index (χ0) is 14.0. The van der Waals surface area contributed by atoms with Crippen LogP contribution >= 0.6 is 27.3 Å². The summed E-state index contributed by atoms with van der Waals surface area (Å²) in [6.07, 6.45) is 0. The first-order valence-corrected chi connectivity index (χ1v) is 7.27. The third kappa shape index (κ3) is 3.01. The van der Waals surface area contributed by atoms with Crippen molar-refractivity contribution >= 4 is 27.3 Å². The van der Waals surface area contributed by atoms with Crippen LogP contribution in [0.3, 0.4) is 0 Å². The summed E-state index contributed by atoms with van der Waals surface area (Å²) >= 11 is 4.75. The van der Waals surface area contributed by atoms with E-state index in [0.717, 1.165) is 14.7 Å². The van der Waals surface area contributed by atoms with Crippen LogP contribution < -0.4 is 5.32 Å². The van der Waals surface area contributed by atoms with Crippen molar-refractivity contribution in [2.24, 2.45) is 0 Å². The van der Waals surface area contributed by atoms with Crippen LogP contribution in [0.15, 0.2) is 28.1 Å². The molecular formula is C13H11BrF3NS. The molecule has 0 spiro atoms. The number of hydrogen-bond acceptors (Lipinski definition) is 2. The molecule has 0 aliphatic rings. The summed E-state index contributed by atoms with van der Waals surface area (Å²) in [4.78, 5) is 0.832. The van der Waals surface area contributed by atoms with Crippen molar-refractivity contribution in [3.05, 3.63) is 55.9 Å². The van der Waals surface area contributed by atoms with Gasteiger partial charge in [0.1, 0.15) is 0 Å². The maximum absolute atomic E-state index is 13.9. The van der Waals surface area contributed by atoms with Crippen molar-refractivity contribution in [3.8, 4) is 0 Å². The van der Waals surface area contributed by atoms with E-state index < -0.39 is 23.5 Å². The summed E-state index contributed by atoms with van der Waals surface area (Å²) in [7, 11) is 0. The van der Waals surface area contributed by atoms with Crippen LogP contribution in [0.5, 0.6) is 0 Å². The number of hydrogen-bond donors (Lipinski definition) is 1. The van der Waals surface area contributed by atoms with Crippen molar-refractivity contribution in [1.82, 2.24) is 5.32 Å². The summed E-state index contributed by atoms with van der Waals surface area (Å²) in [6.45, 7) is 2.45. The van der Waals surface area contributed by atoms with Gasteiger partial charge in [-0.1, -0.05) is 13.0 Å². The molecule has 0 aliphatic carbocycles. The zero-order valence-electron chi connectivity index (χ0n) is 10.0. The Hall–Kier alpha value is -0.850. The summed E-state index contributed by atoms with van der Waals surface area (Å²) in [6, 6.07) is 5.39. The highest BCUT2D eigenvalue weighted by molar-refractivity contribution is 9.11. The van der Waals surface area contributed by atoms with E-state index in [9.17, 15) is 13.2 Å². The van der Waals surface area contributed by atoms with E-state index in [2.05, 4.69) is 21.2 Å². The maximum atomic E-state index is 13.9. The van der Waals surface area contributed by atoms with Gasteiger partial charge in [-0.25, -0.2) is 13.2 Å². The molecule has 1 atom stereocenters. The lowest BCUT2D eigenvalue weighted by Crippen LogP contribution is -2.22. The quantitative estimate of drug-likeness (QED) is 0.793. The molecular weight excluding hydrogens is 339 g/mol. The molecule has 2 rings (SSSR count). The molecule has 1 aromatic heterocycles. The molecule has 1 aromatic carbocycles. The predicted octanol–water partition coefficient (Wildman–Crippen LogP) is 4.63. The van der Waals surface area contributed by atoms with Crippen LogP contribution in [0, 0.1) is 17.5 Å². The van der Waals surface area contributed by atoms with Crippen molar-refractivity contribution in [3.63, 3.8) is 0 Å². The summed E-state index contributed by atoms with van der Waals surface area (Å²) in [5.74, 6) is -3.75. The Kier molecular flexibility index (Phi) is 4.65. The molecule has 1 nitrogen and oxygen atoms in total. The monoisotopic (exact) mass is 349 g/mol. The Balaban J connectivity index is 2.48. The number of rotatable bonds is 4. The average Bonchev–Trinajstić information content (AvgIpc) is 2.81. The molecule has 0 saturated carbocycles. The molecule has 0 bridgehead atoms. The summed E-state index contributed by atoms with van der Waals surface area (Å²) in [5.41, 5.74) is 0.107. The Morgan fingerprint density at radius 1 is 1.16 bits per heavy atom. The first kappa shape index (κ1) is 14.6. The van der Waals surface area contributed by atoms with Crippen molar-refractivity contribution in [1.29, 1.82) is 0 Å². The van der Waals surface area contributed by atoms with Crippen LogP contribution in [-0.4, -0.2) is 6.54 Å². The largest absolute Gasteiger partial charge is 0.306 e. The van der Waals surface area contributed by atoms with Gasteiger partial charge in [-0.05, 0) is 40.7 Å². The van der Waals surface area contributed by atoms with Gasteiger partial charge in [-0.15, -0.1) is 11.3 Å². The van der Waals surface area contributed by atoms with Crippen LogP contribution in [-0.2, 0) is 0 Å². The average molecular weight is 350 g/mol. The van der Waals surface area contributed by atoms with E-state index in [-0.39, 0.29) is 5.56 Å². The molecule has 1 unspecified atom stereocenters. The van der Waals surface area contributed by atoms with Crippen molar-refractivity contribution in [2.75, 3.05) is 6.54 Å². The smallest absolute Gasteiger partial charge is 0.194 e. The second kappa shape index (κ2) is 6.07. The highest BCUT2D eigenvalue weighted by atomic mass is 79.9. The normalized spacial score (nSPS) is 12.7. The Labute approximate surface area is 121 Å². The van der Waals surface area contributed by atoms with Gasteiger partial charge in [-0.2, -0.15) is 0 Å². The molecule has 102 valence electrons. The van der Waals surface area contributed by atoms with Gasteiger partial charge < -0.3 is 5.32 Å². The van der Waals surface area contributed by atoms with E-state index in [1.165, 1.54) is 17.4 Å². The summed E-state index contributed by atoms with van der Waals surface area (Å²) < 4.78 is 41.1. The first-order valence-electron chi connectivity index (χ1n) is 5.66. The number of thiophene rings is 1. The second-order valence-corrected chi connectivity index (χ2v) is 6.39. The maximum Gasteiger partial charge on any atom is 0.194 e. The minimum absolute atomic E-state index is 0.107. The second-order valence-electron chi connectivity index (χ2n) is 3.90. The fourth-order valence-electron chi connectivity index (χ4n) is 1.82. The molecule has 6 heteroatoms. The standard InChI is InChI=1S/C13H11BrF3NS/c1-2-18-13(9-5-6-10(14)19-9)7-3-4-8(15)12(17)11(7)16/h3-6,13,18H,2H2,1H3. The van der Waals surface area contributed by atoms with Gasteiger partial charge in [0.2, 0.25) is 0 Å². The SMILES string of the molecule is CCNC(c1ccc(Br)s1)c1ccc(F)c(F)c1F. The molecule has 2 aromatic rings. The van der Waals surface area contributed by atoms with Crippen molar-refractivity contribution < 1.29 is 13.2 Å². The van der Waals surface area contributed by atoms with Crippen LogP contribution in [0.25, 0.3) is 0 Å². The van der Waals surface area contributed by atoms with E-state index in [1.54, 1.807) is 0 Å². The molecule has 19 heavy (non-hydrogen) atoms. The van der Waals surface area contributed by atoms with Gasteiger partial charge in [-0.3, -0.25) is 0 Å². The van der Waals surface area contributed by atoms with Crippen molar-refractivity contribution in [2.45, 2.75) is 13.0 Å². The highest BCUT2D eigenvalue weighted by Crippen LogP contribution is 2.33. The molecule has 0 saturated heterocycles. The van der Waals surface area contributed by atoms with E-state index in [0.29, 0.717) is 6.54 Å². The first-order chi connectivity index (χ1) is 9.04. The number of nitrogens with one attached hydrogen (secondary N) is 1. The van der Waals surface area contributed by atoms with E-state index in [1.807, 2.05) is 19.1 Å². The van der Waals surface area contributed by atoms with Crippen LogP contribution in [0.4, 0.5) is 13.2 Å². The van der Waals surface area contributed by atoms with Gasteiger partial charge in [0.25, 0.3) is 0 Å². The fourth-order valence-corrected chi connectivity index (χ4v) is 3.33. The van der Waals surface area contributed by atoms with Gasteiger partial charge in [0.15, 0.2) is 17.5 Å². The van der Waals surface area contributed by atoms with E-state index in [4.69, 9.17) is 0 Å². The van der Waals surface area contributed by atoms with Crippen LogP contribution in [0.1, 0.15) is 23.4 Å². The lowest BCUT2D eigenvalue weighted by Gasteiger charge is -2.18. The Morgan fingerprint density at radius 2 is 1.89 bits per heavy atom. The molecule has 0 aliphatic heterocycles. The van der Waals surface area contributed by atoms with E-state index >= 15 is 0 Å². The highest BCUT2D eigenvalue weighted by Gasteiger charge is 2.22. The van der Waals surface area contributed by atoms with Gasteiger partial charge in [0.05, 0.1) is 9.83 Å². The van der Waals surface area contributed by atoms with Gasteiger partial charge in [0, 0.05) is 10.4 Å². The Bertz CT molecular complexity index is 585. The third-order valence-electron chi connectivity index (χ3n) is 2.66. The lowest BCUT2D eigenvalue weighted by atomic mass is 10.0. The lowest BCUT2D eigenvalue weighted by molar-refractivity contribution is 0.434. The molecule has 1 N–H and O–H groups in total. The molecule has 0 fully saturated rings. The predicted molar refractivity (Wildman–Crippen MR) is 73.9 cm³/mol. The Morgan fingerprint density at radius 3 is 2.47 bits per heavy atom. The van der Waals surface area contributed by atoms with Gasteiger partial charge >= 0.3 is 0 Å². The minimum Gasteiger partial charge on any atom is -0.306 e. The number of halogens is 4. The minimum atomic E-state index is -1.43. The number of benzene rings is 1. The molecule has 0 radical (unpaired) electrons. The summed E-state index contributed by atoms with van der Waals surface area (Å²) in [5, 5.41) is 3.08. The topological polar surface area (TPSA) is 12.0 Å². The third-order valence-corrected chi connectivity index (χ3v) is 4.35. The fraction of sp³-hybridized carbons (Fsp3) is 0.231.